The van der Waals surface area contributed by atoms with E-state index in [2.05, 4.69) is 59.1 Å². The molecule has 0 radical (unpaired) electrons. The summed E-state index contributed by atoms with van der Waals surface area (Å²) >= 11 is 0. The molecule has 2 aromatic heterocycles. The van der Waals surface area contributed by atoms with E-state index < -0.39 is 0 Å². The fourth-order valence-electron chi connectivity index (χ4n) is 5.09. The third-order valence-corrected chi connectivity index (χ3v) is 7.21. The van der Waals surface area contributed by atoms with Gasteiger partial charge in [-0.25, -0.2) is 9.67 Å². The Morgan fingerprint density at radius 3 is 2.74 bits per heavy atom. The zero-order valence-corrected chi connectivity index (χ0v) is 23.4. The number of aromatic nitrogens is 3. The molecular formula is C29H41N7O2. The first-order chi connectivity index (χ1) is 18.1. The first kappa shape index (κ1) is 27.7. The van der Waals surface area contributed by atoms with Crippen molar-refractivity contribution in [1.82, 2.24) is 35.6 Å². The lowest BCUT2D eigenvalue weighted by Crippen LogP contribution is -2.50. The number of nitrogens with one attached hydrogen (secondary N) is 3. The molecule has 0 saturated carbocycles. The van der Waals surface area contributed by atoms with Crippen molar-refractivity contribution in [3.05, 3.63) is 47.7 Å². The maximum absolute atomic E-state index is 13.5. The molecule has 3 aromatic rings. The topological polar surface area (TPSA) is 104 Å². The minimum absolute atomic E-state index is 0.000692. The Labute approximate surface area is 225 Å². The van der Waals surface area contributed by atoms with Crippen LogP contribution in [0.15, 0.2) is 36.5 Å². The van der Waals surface area contributed by atoms with Crippen molar-refractivity contribution in [1.29, 1.82) is 0 Å². The van der Waals surface area contributed by atoms with E-state index in [1.54, 1.807) is 6.20 Å². The molecule has 38 heavy (non-hydrogen) atoms. The Morgan fingerprint density at radius 1 is 1.24 bits per heavy atom. The number of hydrogen-bond acceptors (Lipinski definition) is 6. The molecule has 0 spiro atoms. The Kier molecular flexibility index (Phi) is 8.79. The van der Waals surface area contributed by atoms with Crippen LogP contribution < -0.4 is 16.0 Å². The van der Waals surface area contributed by atoms with Gasteiger partial charge in [0.25, 0.3) is 5.91 Å². The van der Waals surface area contributed by atoms with Crippen molar-refractivity contribution in [3.8, 4) is 11.3 Å². The molecule has 4 rings (SSSR count). The summed E-state index contributed by atoms with van der Waals surface area (Å²) in [7, 11) is 4.12. The van der Waals surface area contributed by atoms with Crippen molar-refractivity contribution in [2.45, 2.75) is 52.7 Å². The monoisotopic (exact) mass is 519 g/mol. The van der Waals surface area contributed by atoms with E-state index in [4.69, 9.17) is 4.98 Å². The fourth-order valence-corrected chi connectivity index (χ4v) is 5.09. The Balaban J connectivity index is 1.61. The number of pyridine rings is 1. The second-order valence-electron chi connectivity index (χ2n) is 11.1. The van der Waals surface area contributed by atoms with Gasteiger partial charge < -0.3 is 20.9 Å². The number of fused-ring (bicyclic) bond motifs is 1. The minimum atomic E-state index is -0.248. The molecule has 1 aliphatic heterocycles. The van der Waals surface area contributed by atoms with E-state index in [1.807, 2.05) is 43.7 Å². The van der Waals surface area contributed by atoms with Crippen molar-refractivity contribution in [2.24, 2.45) is 11.8 Å². The third-order valence-electron chi connectivity index (χ3n) is 7.21. The molecule has 0 aliphatic carbocycles. The van der Waals surface area contributed by atoms with Crippen molar-refractivity contribution >= 4 is 22.8 Å². The highest BCUT2D eigenvalue weighted by atomic mass is 16.2. The number of hydrogen-bond donors (Lipinski definition) is 3. The lowest BCUT2D eigenvalue weighted by Gasteiger charge is -2.32. The lowest BCUT2D eigenvalue weighted by atomic mass is 9.84. The standard InChI is InChI=1S/C29H41N7O2/c1-18(2)36-27-25(17-32-36)23(28(37)31-16-24-19(3)12-20(4)33-29(24)38)14-26(34-27)22-9-7-8-21(13-22)15-30-10-11-35(5)6/h7-9,13-14,17-20,24,30H,10-12,15-16H2,1-6H3,(H,31,37)(H,33,38). The van der Waals surface area contributed by atoms with Gasteiger partial charge in [-0.15, -0.1) is 0 Å². The number of piperidine rings is 1. The molecule has 1 aliphatic rings. The smallest absolute Gasteiger partial charge is 0.252 e. The normalized spacial score (nSPS) is 19.8. The molecule has 1 fully saturated rings. The summed E-state index contributed by atoms with van der Waals surface area (Å²) in [6.07, 6.45) is 2.61. The second-order valence-corrected chi connectivity index (χ2v) is 11.1. The van der Waals surface area contributed by atoms with Gasteiger partial charge in [-0.2, -0.15) is 5.10 Å². The Morgan fingerprint density at radius 2 is 2.03 bits per heavy atom. The third kappa shape index (κ3) is 6.39. The van der Waals surface area contributed by atoms with Crippen molar-refractivity contribution in [3.63, 3.8) is 0 Å². The first-order valence-electron chi connectivity index (χ1n) is 13.6. The molecule has 9 heteroatoms. The average molecular weight is 520 g/mol. The first-order valence-corrected chi connectivity index (χ1v) is 13.6. The predicted molar refractivity (Wildman–Crippen MR) is 151 cm³/mol. The highest BCUT2D eigenvalue weighted by Crippen LogP contribution is 2.28. The van der Waals surface area contributed by atoms with Gasteiger partial charge in [0, 0.05) is 43.8 Å². The highest BCUT2D eigenvalue weighted by Gasteiger charge is 2.32. The number of carbonyl (C=O) groups is 2. The van der Waals surface area contributed by atoms with Crippen LogP contribution >= 0.6 is 0 Å². The van der Waals surface area contributed by atoms with E-state index in [1.165, 1.54) is 0 Å². The molecule has 3 unspecified atom stereocenters. The van der Waals surface area contributed by atoms with Gasteiger partial charge >= 0.3 is 0 Å². The van der Waals surface area contributed by atoms with Crippen LogP contribution in [0.1, 0.15) is 56.1 Å². The Hall–Kier alpha value is -3.30. The van der Waals surface area contributed by atoms with E-state index in [-0.39, 0.29) is 35.7 Å². The molecule has 9 nitrogen and oxygen atoms in total. The molecule has 3 heterocycles. The fraction of sp³-hybridized carbons (Fsp3) is 0.517. The summed E-state index contributed by atoms with van der Waals surface area (Å²) in [5, 5.41) is 14.8. The van der Waals surface area contributed by atoms with E-state index in [9.17, 15) is 9.59 Å². The summed E-state index contributed by atoms with van der Waals surface area (Å²) in [5.74, 6) is -0.269. The van der Waals surface area contributed by atoms with Gasteiger partial charge in [-0.3, -0.25) is 9.59 Å². The van der Waals surface area contributed by atoms with E-state index >= 15 is 0 Å². The van der Waals surface area contributed by atoms with Gasteiger partial charge in [0.05, 0.1) is 28.8 Å². The molecule has 0 bridgehead atoms. The van der Waals surface area contributed by atoms with Gasteiger partial charge in [-0.1, -0.05) is 25.1 Å². The van der Waals surface area contributed by atoms with Crippen LogP contribution in [0.25, 0.3) is 22.3 Å². The van der Waals surface area contributed by atoms with Gasteiger partial charge in [-0.05, 0) is 64.9 Å². The molecule has 1 aromatic carbocycles. The van der Waals surface area contributed by atoms with Crippen LogP contribution in [0.3, 0.4) is 0 Å². The lowest BCUT2D eigenvalue weighted by molar-refractivity contribution is -0.129. The van der Waals surface area contributed by atoms with E-state index in [0.29, 0.717) is 23.1 Å². The second kappa shape index (κ2) is 12.0. The Bertz CT molecular complexity index is 1280. The zero-order chi connectivity index (χ0) is 27.4. The minimum Gasteiger partial charge on any atom is -0.353 e. The summed E-state index contributed by atoms with van der Waals surface area (Å²) in [6.45, 7) is 11.1. The van der Waals surface area contributed by atoms with Crippen LogP contribution in [0.5, 0.6) is 0 Å². The summed E-state index contributed by atoms with van der Waals surface area (Å²) in [5.41, 5.74) is 4.01. The van der Waals surface area contributed by atoms with Crippen LogP contribution in [0, 0.1) is 11.8 Å². The summed E-state index contributed by atoms with van der Waals surface area (Å²) < 4.78 is 1.85. The van der Waals surface area contributed by atoms with Crippen LogP contribution in [0.4, 0.5) is 0 Å². The van der Waals surface area contributed by atoms with Crippen LogP contribution in [-0.4, -0.2) is 71.3 Å². The molecule has 3 N–H and O–H groups in total. The van der Waals surface area contributed by atoms with Gasteiger partial charge in [0.1, 0.15) is 0 Å². The van der Waals surface area contributed by atoms with Crippen molar-refractivity contribution < 1.29 is 9.59 Å². The molecule has 3 atom stereocenters. The van der Waals surface area contributed by atoms with Crippen LogP contribution in [-0.2, 0) is 11.3 Å². The number of benzene rings is 1. The quantitative estimate of drug-likeness (QED) is 0.356. The molecule has 204 valence electrons. The SMILES string of the molecule is CC1CC(C)C(CNC(=O)c2cc(-c3cccc(CNCCN(C)C)c3)nc3c2cnn3C(C)C)C(=O)N1. The number of amides is 2. The maximum atomic E-state index is 13.5. The molecular weight excluding hydrogens is 478 g/mol. The number of rotatable bonds is 10. The summed E-state index contributed by atoms with van der Waals surface area (Å²) in [6, 6.07) is 10.3. The number of nitrogens with zero attached hydrogens (tertiary/aromatic N) is 4. The largest absolute Gasteiger partial charge is 0.353 e. The van der Waals surface area contributed by atoms with E-state index in [0.717, 1.165) is 42.9 Å². The maximum Gasteiger partial charge on any atom is 0.252 e. The van der Waals surface area contributed by atoms with Crippen molar-refractivity contribution in [2.75, 3.05) is 33.7 Å². The number of carbonyl (C=O) groups excluding carboxylic acids is 2. The highest BCUT2D eigenvalue weighted by molar-refractivity contribution is 6.06. The summed E-state index contributed by atoms with van der Waals surface area (Å²) in [4.78, 5) is 33.2. The average Bonchev–Trinajstić information content (AvgIpc) is 3.30. The van der Waals surface area contributed by atoms with Crippen LogP contribution in [0.2, 0.25) is 0 Å². The van der Waals surface area contributed by atoms with Gasteiger partial charge in [0.2, 0.25) is 5.91 Å². The predicted octanol–water partition coefficient (Wildman–Crippen LogP) is 3.22. The van der Waals surface area contributed by atoms with Gasteiger partial charge in [0.15, 0.2) is 5.65 Å². The zero-order valence-electron chi connectivity index (χ0n) is 23.4. The number of likely N-dealkylation sites (N-methyl/N-ethyl adjacent to an activating group) is 1. The molecule has 1 saturated heterocycles. The molecule has 2 amide bonds.